The quantitative estimate of drug-likeness (QED) is 0.654. The maximum atomic E-state index is 11.2. The van der Waals surface area contributed by atoms with Crippen molar-refractivity contribution >= 4 is 16.9 Å². The van der Waals surface area contributed by atoms with Gasteiger partial charge in [-0.15, -0.1) is 0 Å². The number of hydrogen-bond acceptors (Lipinski definition) is 2. The van der Waals surface area contributed by atoms with E-state index in [0.29, 0.717) is 11.5 Å². The fourth-order valence-electron chi connectivity index (χ4n) is 0.700. The summed E-state index contributed by atoms with van der Waals surface area (Å²) in [5.41, 5.74) is 0.151. The molecule has 0 radical (unpaired) electrons. The van der Waals surface area contributed by atoms with E-state index in [-0.39, 0.29) is 5.41 Å². The molecule has 0 aliphatic rings. The molecule has 66 valence electrons. The van der Waals surface area contributed by atoms with Gasteiger partial charge in [-0.3, -0.25) is 4.79 Å². The van der Waals surface area contributed by atoms with Crippen LogP contribution in [0.4, 0.5) is 0 Å². The van der Waals surface area contributed by atoms with Crippen LogP contribution in [-0.4, -0.2) is 10.9 Å². The first kappa shape index (κ1) is 11.0. The standard InChI is InChI=1S/C9H18OS/c1-5-6-11-8(10)7-9(2,3)4/h5-7H2,1-4H3. The minimum Gasteiger partial charge on any atom is -0.287 e. The summed E-state index contributed by atoms with van der Waals surface area (Å²) in [6.07, 6.45) is 1.78. The zero-order valence-corrected chi connectivity index (χ0v) is 8.75. The average molecular weight is 174 g/mol. The van der Waals surface area contributed by atoms with Gasteiger partial charge in [0.25, 0.3) is 0 Å². The van der Waals surface area contributed by atoms with Gasteiger partial charge in [-0.1, -0.05) is 39.5 Å². The molecule has 0 saturated heterocycles. The second-order valence-electron chi connectivity index (χ2n) is 3.96. The van der Waals surface area contributed by atoms with Crippen LogP contribution < -0.4 is 0 Å². The molecule has 0 heterocycles. The van der Waals surface area contributed by atoms with Crippen molar-refractivity contribution in [2.75, 3.05) is 5.75 Å². The number of rotatable bonds is 3. The first-order valence-corrected chi connectivity index (χ1v) is 5.10. The summed E-state index contributed by atoms with van der Waals surface area (Å²) in [7, 11) is 0. The molecule has 0 bridgehead atoms. The molecule has 0 atom stereocenters. The molecular weight excluding hydrogens is 156 g/mol. The third kappa shape index (κ3) is 7.92. The van der Waals surface area contributed by atoms with Gasteiger partial charge < -0.3 is 0 Å². The molecular formula is C9H18OS. The Labute approximate surface area is 73.9 Å². The molecule has 0 aliphatic carbocycles. The van der Waals surface area contributed by atoms with E-state index >= 15 is 0 Å². The van der Waals surface area contributed by atoms with E-state index in [1.807, 2.05) is 0 Å². The summed E-state index contributed by atoms with van der Waals surface area (Å²) in [6.45, 7) is 8.38. The lowest BCUT2D eigenvalue weighted by Crippen LogP contribution is -2.10. The fraction of sp³-hybridized carbons (Fsp3) is 0.889. The predicted molar refractivity (Wildman–Crippen MR) is 51.8 cm³/mol. The lowest BCUT2D eigenvalue weighted by atomic mass is 9.93. The van der Waals surface area contributed by atoms with Gasteiger partial charge in [0.1, 0.15) is 0 Å². The molecule has 1 nitrogen and oxygen atoms in total. The minimum atomic E-state index is 0.151. The zero-order chi connectivity index (χ0) is 8.91. The molecule has 0 spiro atoms. The highest BCUT2D eigenvalue weighted by Gasteiger charge is 2.15. The van der Waals surface area contributed by atoms with Crippen LogP contribution in [0.5, 0.6) is 0 Å². The van der Waals surface area contributed by atoms with Crippen LogP contribution in [0, 0.1) is 5.41 Å². The summed E-state index contributed by atoms with van der Waals surface area (Å²) in [4.78, 5) is 11.2. The first-order chi connectivity index (χ1) is 4.95. The van der Waals surface area contributed by atoms with Gasteiger partial charge >= 0.3 is 0 Å². The molecule has 0 aromatic rings. The van der Waals surface area contributed by atoms with Crippen LogP contribution in [0.15, 0.2) is 0 Å². The fourth-order valence-corrected chi connectivity index (χ4v) is 1.67. The van der Waals surface area contributed by atoms with Crippen molar-refractivity contribution < 1.29 is 4.79 Å². The summed E-state index contributed by atoms with van der Waals surface area (Å²) < 4.78 is 0. The van der Waals surface area contributed by atoms with E-state index in [0.717, 1.165) is 12.2 Å². The molecule has 0 N–H and O–H groups in total. The Morgan fingerprint density at radius 3 is 2.27 bits per heavy atom. The minimum absolute atomic E-state index is 0.151. The molecule has 11 heavy (non-hydrogen) atoms. The monoisotopic (exact) mass is 174 g/mol. The Morgan fingerprint density at radius 1 is 1.36 bits per heavy atom. The Kier molecular flexibility index (Phi) is 4.82. The largest absolute Gasteiger partial charge is 0.287 e. The van der Waals surface area contributed by atoms with Crippen LogP contribution in [0.25, 0.3) is 0 Å². The summed E-state index contributed by atoms with van der Waals surface area (Å²) in [6, 6.07) is 0. The molecule has 0 aromatic carbocycles. The third-order valence-corrected chi connectivity index (χ3v) is 2.22. The van der Waals surface area contributed by atoms with E-state index in [9.17, 15) is 4.79 Å². The predicted octanol–water partition coefficient (Wildman–Crippen LogP) is 3.09. The topological polar surface area (TPSA) is 17.1 Å². The van der Waals surface area contributed by atoms with Gasteiger partial charge in [0, 0.05) is 12.2 Å². The summed E-state index contributed by atoms with van der Waals surface area (Å²) >= 11 is 1.46. The molecule has 0 fully saturated rings. The maximum absolute atomic E-state index is 11.2. The third-order valence-electron chi connectivity index (χ3n) is 1.14. The van der Waals surface area contributed by atoms with E-state index < -0.39 is 0 Å². The van der Waals surface area contributed by atoms with Gasteiger partial charge in [-0.05, 0) is 11.8 Å². The molecule has 2 heteroatoms. The number of thioether (sulfide) groups is 1. The van der Waals surface area contributed by atoms with Gasteiger partial charge in [0.05, 0.1) is 0 Å². The molecule has 0 unspecified atom stereocenters. The van der Waals surface area contributed by atoms with Crippen molar-refractivity contribution in [1.29, 1.82) is 0 Å². The molecule has 0 rings (SSSR count). The highest BCUT2D eigenvalue weighted by molar-refractivity contribution is 8.13. The molecule has 0 amide bonds. The second-order valence-corrected chi connectivity index (χ2v) is 5.11. The maximum Gasteiger partial charge on any atom is 0.189 e. The molecule has 0 aromatic heterocycles. The van der Waals surface area contributed by atoms with Crippen molar-refractivity contribution in [3.8, 4) is 0 Å². The SMILES string of the molecule is CCCSC(=O)CC(C)(C)C. The van der Waals surface area contributed by atoms with Crippen LogP contribution >= 0.6 is 11.8 Å². The normalized spacial score (nSPS) is 11.6. The van der Waals surface area contributed by atoms with Crippen LogP contribution in [-0.2, 0) is 4.79 Å². The smallest absolute Gasteiger partial charge is 0.189 e. The average Bonchev–Trinajstić information content (AvgIpc) is 1.79. The van der Waals surface area contributed by atoms with Crippen molar-refractivity contribution in [1.82, 2.24) is 0 Å². The van der Waals surface area contributed by atoms with E-state index in [2.05, 4.69) is 27.7 Å². The van der Waals surface area contributed by atoms with Crippen molar-refractivity contribution in [2.24, 2.45) is 5.41 Å². The Bertz CT molecular complexity index is 124. The second kappa shape index (κ2) is 4.81. The Balaban J connectivity index is 3.53. The number of carbonyl (C=O) groups excluding carboxylic acids is 1. The van der Waals surface area contributed by atoms with Gasteiger partial charge in [0.15, 0.2) is 5.12 Å². The van der Waals surface area contributed by atoms with Gasteiger partial charge in [-0.25, -0.2) is 0 Å². The Morgan fingerprint density at radius 2 is 1.91 bits per heavy atom. The van der Waals surface area contributed by atoms with Crippen molar-refractivity contribution in [3.63, 3.8) is 0 Å². The van der Waals surface area contributed by atoms with E-state index in [1.54, 1.807) is 0 Å². The van der Waals surface area contributed by atoms with Crippen LogP contribution in [0.3, 0.4) is 0 Å². The first-order valence-electron chi connectivity index (χ1n) is 4.11. The van der Waals surface area contributed by atoms with Gasteiger partial charge in [0.2, 0.25) is 0 Å². The van der Waals surface area contributed by atoms with E-state index in [1.165, 1.54) is 11.8 Å². The highest BCUT2D eigenvalue weighted by Crippen LogP contribution is 2.22. The van der Waals surface area contributed by atoms with Gasteiger partial charge in [-0.2, -0.15) is 0 Å². The molecule has 0 aliphatic heterocycles. The Hall–Kier alpha value is 0.0200. The van der Waals surface area contributed by atoms with Crippen molar-refractivity contribution in [3.05, 3.63) is 0 Å². The van der Waals surface area contributed by atoms with E-state index in [4.69, 9.17) is 0 Å². The lowest BCUT2D eigenvalue weighted by molar-refractivity contribution is -0.112. The highest BCUT2D eigenvalue weighted by atomic mass is 32.2. The summed E-state index contributed by atoms with van der Waals surface area (Å²) in [5.74, 6) is 0.967. The van der Waals surface area contributed by atoms with Crippen LogP contribution in [0.1, 0.15) is 40.5 Å². The number of hydrogen-bond donors (Lipinski definition) is 0. The van der Waals surface area contributed by atoms with Crippen molar-refractivity contribution in [2.45, 2.75) is 40.5 Å². The zero-order valence-electron chi connectivity index (χ0n) is 7.94. The van der Waals surface area contributed by atoms with Crippen LogP contribution in [0.2, 0.25) is 0 Å². The lowest BCUT2D eigenvalue weighted by Gasteiger charge is -2.15. The molecule has 0 saturated carbocycles. The summed E-state index contributed by atoms with van der Waals surface area (Å²) in [5, 5.41) is 0.333. The number of carbonyl (C=O) groups is 1.